The number of benzene rings is 1. The van der Waals surface area contributed by atoms with Crippen LogP contribution in [0.5, 0.6) is 0 Å². The fraction of sp³-hybridized carbons (Fsp3) is 0.526. The van der Waals surface area contributed by atoms with E-state index < -0.39 is 11.1 Å². The number of carbonyl (C=O) groups excluding carboxylic acids is 1. The molecule has 2 aromatic rings. The van der Waals surface area contributed by atoms with Crippen molar-refractivity contribution in [1.82, 2.24) is 19.8 Å². The van der Waals surface area contributed by atoms with Gasteiger partial charge in [0.1, 0.15) is 0 Å². The minimum Gasteiger partial charge on any atom is -0.339 e. The van der Waals surface area contributed by atoms with Crippen molar-refractivity contribution in [1.29, 1.82) is 0 Å². The summed E-state index contributed by atoms with van der Waals surface area (Å²) in [5.41, 5.74) is 0.861. The highest BCUT2D eigenvalue weighted by Gasteiger charge is 2.38. The highest BCUT2D eigenvalue weighted by Crippen LogP contribution is 2.37. The Morgan fingerprint density at radius 1 is 1.19 bits per heavy atom. The topological polar surface area (TPSA) is 87.2 Å². The zero-order valence-electron chi connectivity index (χ0n) is 15.0. The van der Waals surface area contributed by atoms with Gasteiger partial charge in [0.15, 0.2) is 0 Å². The number of nitrogens with zero attached hydrogens (tertiary/aromatic N) is 2. The second-order valence-corrected chi connectivity index (χ2v) is 7.45. The molecular weight excluding hydrogens is 332 g/mol. The summed E-state index contributed by atoms with van der Waals surface area (Å²) in [6.07, 6.45) is 3.26. The van der Waals surface area contributed by atoms with Gasteiger partial charge in [-0.05, 0) is 56.3 Å². The molecule has 1 aromatic carbocycles. The molecule has 0 bridgehead atoms. The van der Waals surface area contributed by atoms with Crippen LogP contribution in [0.1, 0.15) is 36.5 Å². The van der Waals surface area contributed by atoms with E-state index in [1.807, 2.05) is 11.8 Å². The number of likely N-dealkylation sites (tertiary alicyclic amines) is 1. The van der Waals surface area contributed by atoms with Crippen LogP contribution in [0, 0.1) is 5.41 Å². The van der Waals surface area contributed by atoms with Gasteiger partial charge in [-0.1, -0.05) is 0 Å². The Balaban J connectivity index is 1.61. The van der Waals surface area contributed by atoms with Gasteiger partial charge in [0.25, 0.3) is 5.91 Å². The van der Waals surface area contributed by atoms with Crippen molar-refractivity contribution in [2.45, 2.75) is 32.7 Å². The second-order valence-electron chi connectivity index (χ2n) is 7.45. The number of H-pyrrole nitrogens is 1. The average Bonchev–Trinajstić information content (AvgIpc) is 3.10. The van der Waals surface area contributed by atoms with Crippen LogP contribution in [0.15, 0.2) is 27.8 Å². The van der Waals surface area contributed by atoms with Gasteiger partial charge in [-0.2, -0.15) is 0 Å². The normalized spacial score (nSPS) is 19.3. The van der Waals surface area contributed by atoms with Crippen LogP contribution in [0.4, 0.5) is 0 Å². The number of aromatic nitrogens is 2. The first-order chi connectivity index (χ1) is 12.5. The number of fused-ring (bicyclic) bond motifs is 1. The molecule has 2 fully saturated rings. The van der Waals surface area contributed by atoms with Gasteiger partial charge in [-0.15, -0.1) is 0 Å². The molecule has 0 saturated carbocycles. The molecule has 2 aliphatic heterocycles. The number of rotatable bonds is 2. The summed E-state index contributed by atoms with van der Waals surface area (Å²) >= 11 is 0. The van der Waals surface area contributed by atoms with E-state index in [1.54, 1.807) is 18.2 Å². The molecular formula is C19H24N4O3. The Bertz CT molecular complexity index is 959. The molecule has 1 aromatic heterocycles. The average molecular weight is 356 g/mol. The van der Waals surface area contributed by atoms with E-state index in [0.29, 0.717) is 28.6 Å². The van der Waals surface area contributed by atoms with Gasteiger partial charge in [0, 0.05) is 31.7 Å². The quantitative estimate of drug-likeness (QED) is 0.784. The van der Waals surface area contributed by atoms with Gasteiger partial charge in [0.2, 0.25) is 0 Å². The van der Waals surface area contributed by atoms with Gasteiger partial charge in [0.05, 0.1) is 11.0 Å². The lowest BCUT2D eigenvalue weighted by molar-refractivity contribution is 0.0608. The second kappa shape index (κ2) is 6.39. The molecule has 1 spiro atoms. The predicted octanol–water partition coefficient (Wildman–Crippen LogP) is 0.925. The first kappa shape index (κ1) is 17.0. The van der Waals surface area contributed by atoms with Gasteiger partial charge < -0.3 is 19.8 Å². The van der Waals surface area contributed by atoms with Crippen molar-refractivity contribution in [2.75, 3.05) is 26.2 Å². The Morgan fingerprint density at radius 2 is 1.96 bits per heavy atom. The zero-order chi connectivity index (χ0) is 18.3. The molecule has 2 N–H and O–H groups in total. The van der Waals surface area contributed by atoms with Gasteiger partial charge >= 0.3 is 11.1 Å². The molecule has 2 saturated heterocycles. The molecule has 138 valence electrons. The number of piperidine rings is 1. The van der Waals surface area contributed by atoms with Crippen LogP contribution in [0.25, 0.3) is 11.0 Å². The van der Waals surface area contributed by atoms with Crippen molar-refractivity contribution in [3.8, 4) is 0 Å². The van der Waals surface area contributed by atoms with Gasteiger partial charge in [-0.3, -0.25) is 14.4 Å². The van der Waals surface area contributed by atoms with Crippen LogP contribution in [0.3, 0.4) is 0 Å². The van der Waals surface area contributed by atoms with E-state index in [0.717, 1.165) is 39.0 Å². The summed E-state index contributed by atoms with van der Waals surface area (Å²) in [5.74, 6) is -0.0113. The molecule has 2 aliphatic rings. The smallest absolute Gasteiger partial charge is 0.316 e. The van der Waals surface area contributed by atoms with E-state index in [9.17, 15) is 14.4 Å². The van der Waals surface area contributed by atoms with Crippen molar-refractivity contribution in [3.05, 3.63) is 44.5 Å². The Kier molecular flexibility index (Phi) is 4.19. The molecule has 26 heavy (non-hydrogen) atoms. The lowest BCUT2D eigenvalue weighted by atomic mass is 9.78. The first-order valence-corrected chi connectivity index (χ1v) is 9.30. The molecule has 0 radical (unpaired) electrons. The molecule has 0 aliphatic carbocycles. The fourth-order valence-corrected chi connectivity index (χ4v) is 4.32. The standard InChI is InChI=1S/C19H24N4O3/c1-2-23-15-4-3-13(11-14(15)21-16(24)18(23)26)17(25)22-9-6-19(7-10-22)5-8-20-12-19/h3-4,11,20H,2,5-10,12H2,1H3,(H,21,24). The van der Waals surface area contributed by atoms with E-state index in [2.05, 4.69) is 10.3 Å². The number of hydrogen-bond donors (Lipinski definition) is 2. The summed E-state index contributed by atoms with van der Waals surface area (Å²) in [6.45, 7) is 5.90. The van der Waals surface area contributed by atoms with Crippen molar-refractivity contribution >= 4 is 16.9 Å². The number of carbonyl (C=O) groups is 1. The Morgan fingerprint density at radius 3 is 2.62 bits per heavy atom. The highest BCUT2D eigenvalue weighted by molar-refractivity contribution is 5.97. The number of hydrogen-bond acceptors (Lipinski definition) is 4. The number of aromatic amines is 1. The van der Waals surface area contributed by atoms with Crippen LogP contribution in [-0.2, 0) is 6.54 Å². The van der Waals surface area contributed by atoms with Crippen molar-refractivity contribution in [3.63, 3.8) is 0 Å². The molecule has 0 atom stereocenters. The van der Waals surface area contributed by atoms with E-state index in [4.69, 9.17) is 0 Å². The van der Waals surface area contributed by atoms with E-state index >= 15 is 0 Å². The Labute approximate surface area is 151 Å². The highest BCUT2D eigenvalue weighted by atomic mass is 16.2. The molecule has 3 heterocycles. The van der Waals surface area contributed by atoms with Crippen LogP contribution < -0.4 is 16.4 Å². The lowest BCUT2D eigenvalue weighted by Crippen LogP contribution is -2.44. The third kappa shape index (κ3) is 2.76. The van der Waals surface area contributed by atoms with E-state index in [-0.39, 0.29) is 5.91 Å². The van der Waals surface area contributed by atoms with Crippen LogP contribution in [-0.4, -0.2) is 46.5 Å². The monoisotopic (exact) mass is 356 g/mol. The molecule has 7 nitrogen and oxygen atoms in total. The minimum absolute atomic E-state index is 0.0113. The minimum atomic E-state index is -0.655. The largest absolute Gasteiger partial charge is 0.339 e. The summed E-state index contributed by atoms with van der Waals surface area (Å²) in [7, 11) is 0. The number of nitrogens with one attached hydrogen (secondary N) is 2. The summed E-state index contributed by atoms with van der Waals surface area (Å²) in [4.78, 5) is 41.2. The molecule has 7 heteroatoms. The maximum Gasteiger partial charge on any atom is 0.316 e. The maximum atomic E-state index is 12.9. The molecule has 1 amide bonds. The third-order valence-corrected chi connectivity index (χ3v) is 5.98. The summed E-state index contributed by atoms with van der Waals surface area (Å²) < 4.78 is 1.43. The van der Waals surface area contributed by atoms with E-state index in [1.165, 1.54) is 11.0 Å². The number of aryl methyl sites for hydroxylation is 1. The van der Waals surface area contributed by atoms with Crippen LogP contribution >= 0.6 is 0 Å². The third-order valence-electron chi connectivity index (χ3n) is 5.98. The van der Waals surface area contributed by atoms with Gasteiger partial charge in [-0.25, -0.2) is 0 Å². The fourth-order valence-electron chi connectivity index (χ4n) is 4.32. The summed E-state index contributed by atoms with van der Waals surface area (Å²) in [6, 6.07) is 5.18. The lowest BCUT2D eigenvalue weighted by Gasteiger charge is -2.38. The molecule has 0 unspecified atom stereocenters. The zero-order valence-corrected chi connectivity index (χ0v) is 15.0. The predicted molar refractivity (Wildman–Crippen MR) is 99.6 cm³/mol. The SMILES string of the molecule is CCn1c(=O)c(=O)[nH]c2cc(C(=O)N3CCC4(CCNC4)CC3)ccc21. The number of amides is 1. The summed E-state index contributed by atoms with van der Waals surface area (Å²) in [5, 5.41) is 3.43. The molecule has 4 rings (SSSR count). The van der Waals surface area contributed by atoms with Crippen molar-refractivity contribution < 1.29 is 4.79 Å². The van der Waals surface area contributed by atoms with Crippen molar-refractivity contribution in [2.24, 2.45) is 5.41 Å². The Hall–Kier alpha value is -2.41. The maximum absolute atomic E-state index is 12.9. The van der Waals surface area contributed by atoms with Crippen LogP contribution in [0.2, 0.25) is 0 Å². The first-order valence-electron chi connectivity index (χ1n) is 9.30.